The van der Waals surface area contributed by atoms with E-state index in [1.54, 1.807) is 18.2 Å². The molecule has 0 aliphatic heterocycles. The Kier molecular flexibility index (Phi) is 3.00. The van der Waals surface area contributed by atoms with Gasteiger partial charge >= 0.3 is 5.97 Å². The molecule has 0 radical (unpaired) electrons. The number of carbonyl (C=O) groups is 1. The number of hydrogen-bond acceptors (Lipinski definition) is 4. The van der Waals surface area contributed by atoms with Crippen LogP contribution in [0.4, 0.5) is 0 Å². The molecule has 0 aliphatic rings. The van der Waals surface area contributed by atoms with Crippen LogP contribution in [0.1, 0.15) is 10.5 Å². The fourth-order valence-corrected chi connectivity index (χ4v) is 2.64. The molecule has 0 saturated carbocycles. The van der Waals surface area contributed by atoms with Crippen molar-refractivity contribution < 1.29 is 15.0 Å². The van der Waals surface area contributed by atoms with Gasteiger partial charge in [0.05, 0.1) is 10.6 Å². The number of rotatable bonds is 3. The van der Waals surface area contributed by atoms with Gasteiger partial charge in [-0.25, -0.2) is 9.48 Å². The van der Waals surface area contributed by atoms with Crippen molar-refractivity contribution in [3.05, 3.63) is 53.5 Å². The Morgan fingerprint density at radius 3 is 2.65 bits per heavy atom. The predicted octanol–water partition coefficient (Wildman–Crippen LogP) is 3.00. The molecule has 1 aromatic carbocycles. The van der Waals surface area contributed by atoms with E-state index < -0.39 is 5.97 Å². The molecule has 3 rings (SSSR count). The second-order valence-corrected chi connectivity index (χ2v) is 5.05. The summed E-state index contributed by atoms with van der Waals surface area (Å²) in [5.74, 6) is -1.05. The first kappa shape index (κ1) is 12.4. The fourth-order valence-electron chi connectivity index (χ4n) is 1.91. The van der Waals surface area contributed by atoms with Crippen LogP contribution in [0.2, 0.25) is 0 Å². The summed E-state index contributed by atoms with van der Waals surface area (Å²) in [5, 5.41) is 25.0. The molecule has 0 unspecified atom stereocenters. The molecule has 2 N–H and O–H groups in total. The summed E-state index contributed by atoms with van der Waals surface area (Å²) in [7, 11) is 0. The first-order valence-corrected chi connectivity index (χ1v) is 6.70. The molecule has 3 aromatic rings. The second-order valence-electron chi connectivity index (χ2n) is 4.10. The van der Waals surface area contributed by atoms with E-state index in [4.69, 9.17) is 5.11 Å². The largest absolute Gasteiger partial charge is 0.506 e. The van der Waals surface area contributed by atoms with Gasteiger partial charge in [-0.3, -0.25) is 0 Å². The number of aromatic carboxylic acids is 1. The highest BCUT2D eigenvalue weighted by Gasteiger charge is 2.17. The molecule has 0 fully saturated rings. The van der Waals surface area contributed by atoms with Crippen molar-refractivity contribution in [1.29, 1.82) is 0 Å². The molecule has 2 heterocycles. The summed E-state index contributed by atoms with van der Waals surface area (Å²) >= 11 is 1.48. The summed E-state index contributed by atoms with van der Waals surface area (Å²) in [4.78, 5) is 12.0. The lowest BCUT2D eigenvalue weighted by molar-refractivity contribution is 0.0690. The minimum absolute atomic E-state index is 0.0466. The maximum Gasteiger partial charge on any atom is 0.356 e. The van der Waals surface area contributed by atoms with Crippen molar-refractivity contribution in [3.8, 4) is 22.0 Å². The first-order valence-electron chi connectivity index (χ1n) is 5.82. The Morgan fingerprint density at radius 2 is 2.00 bits per heavy atom. The van der Waals surface area contributed by atoms with Crippen molar-refractivity contribution in [3.63, 3.8) is 0 Å². The zero-order chi connectivity index (χ0) is 14.1. The van der Waals surface area contributed by atoms with Crippen molar-refractivity contribution in [1.82, 2.24) is 9.78 Å². The topological polar surface area (TPSA) is 75.3 Å². The Balaban J connectivity index is 2.24. The van der Waals surface area contributed by atoms with Crippen LogP contribution in [-0.2, 0) is 0 Å². The zero-order valence-electron chi connectivity index (χ0n) is 10.2. The van der Waals surface area contributed by atoms with Gasteiger partial charge in [-0.15, -0.1) is 11.3 Å². The Hall–Kier alpha value is -2.60. The van der Waals surface area contributed by atoms with Crippen LogP contribution >= 0.6 is 11.3 Å². The van der Waals surface area contributed by atoms with Crippen LogP contribution in [0.25, 0.3) is 16.3 Å². The highest BCUT2D eigenvalue weighted by molar-refractivity contribution is 7.13. The van der Waals surface area contributed by atoms with E-state index in [-0.39, 0.29) is 11.4 Å². The lowest BCUT2D eigenvalue weighted by Gasteiger charge is -2.07. The van der Waals surface area contributed by atoms with Crippen molar-refractivity contribution in [2.24, 2.45) is 0 Å². The normalized spacial score (nSPS) is 10.6. The molecule has 100 valence electrons. The number of carboxylic acids is 1. The van der Waals surface area contributed by atoms with Gasteiger partial charge < -0.3 is 10.2 Å². The third-order valence-corrected chi connectivity index (χ3v) is 3.70. The molecule has 0 saturated heterocycles. The molecular weight excluding hydrogens is 276 g/mol. The van der Waals surface area contributed by atoms with E-state index in [2.05, 4.69) is 5.10 Å². The molecule has 5 nitrogen and oxygen atoms in total. The van der Waals surface area contributed by atoms with E-state index >= 15 is 0 Å². The van der Waals surface area contributed by atoms with Gasteiger partial charge in [-0.05, 0) is 23.6 Å². The van der Waals surface area contributed by atoms with Gasteiger partial charge in [0.15, 0.2) is 5.69 Å². The number of thiophene rings is 1. The molecule has 20 heavy (non-hydrogen) atoms. The smallest absolute Gasteiger partial charge is 0.356 e. The lowest BCUT2D eigenvalue weighted by atomic mass is 10.2. The molecule has 6 heteroatoms. The van der Waals surface area contributed by atoms with E-state index in [0.717, 1.165) is 4.88 Å². The minimum Gasteiger partial charge on any atom is -0.506 e. The molecule has 2 aromatic heterocycles. The average Bonchev–Trinajstić information content (AvgIpc) is 3.08. The molecular formula is C14H10N2O3S. The molecule has 0 spiro atoms. The highest BCUT2D eigenvalue weighted by Crippen LogP contribution is 2.30. The number of phenols is 1. The standard InChI is InChI=1S/C14H10N2O3S/c17-12-5-2-1-4-10(12)16-11(13-6-3-7-20-13)8-9(15-16)14(18)19/h1-8,17H,(H,18,19). The summed E-state index contributed by atoms with van der Waals surface area (Å²) in [6.45, 7) is 0. The lowest BCUT2D eigenvalue weighted by Crippen LogP contribution is -2.02. The van der Waals surface area contributed by atoms with Gasteiger partial charge in [-0.2, -0.15) is 5.10 Å². The van der Waals surface area contributed by atoms with Crippen LogP contribution in [0.5, 0.6) is 5.75 Å². The van der Waals surface area contributed by atoms with Crippen LogP contribution in [-0.4, -0.2) is 26.0 Å². The van der Waals surface area contributed by atoms with Crippen molar-refractivity contribution >= 4 is 17.3 Å². The maximum absolute atomic E-state index is 11.1. The van der Waals surface area contributed by atoms with Crippen LogP contribution in [0.3, 0.4) is 0 Å². The van der Waals surface area contributed by atoms with Gasteiger partial charge in [0.25, 0.3) is 0 Å². The van der Waals surface area contributed by atoms with Gasteiger partial charge in [-0.1, -0.05) is 18.2 Å². The first-order chi connectivity index (χ1) is 9.66. The van der Waals surface area contributed by atoms with E-state index in [1.807, 2.05) is 17.5 Å². The van der Waals surface area contributed by atoms with Crippen molar-refractivity contribution in [2.45, 2.75) is 0 Å². The van der Waals surface area contributed by atoms with Crippen molar-refractivity contribution in [2.75, 3.05) is 0 Å². The van der Waals surface area contributed by atoms with Gasteiger partial charge in [0.2, 0.25) is 0 Å². The number of aromatic hydroxyl groups is 1. The predicted molar refractivity (Wildman–Crippen MR) is 75.5 cm³/mol. The van der Waals surface area contributed by atoms with Crippen LogP contribution in [0.15, 0.2) is 47.8 Å². The summed E-state index contributed by atoms with van der Waals surface area (Å²) in [6.07, 6.45) is 0. The van der Waals surface area contributed by atoms with Crippen LogP contribution < -0.4 is 0 Å². The summed E-state index contributed by atoms with van der Waals surface area (Å²) in [5.41, 5.74) is 1.03. The highest BCUT2D eigenvalue weighted by atomic mass is 32.1. The number of nitrogens with zero attached hydrogens (tertiary/aromatic N) is 2. The average molecular weight is 286 g/mol. The quantitative estimate of drug-likeness (QED) is 0.776. The number of benzene rings is 1. The minimum atomic E-state index is -1.10. The third kappa shape index (κ3) is 2.06. The summed E-state index contributed by atoms with van der Waals surface area (Å²) in [6, 6.07) is 11.9. The fraction of sp³-hybridized carbons (Fsp3) is 0. The third-order valence-electron chi connectivity index (χ3n) is 2.81. The molecule has 0 amide bonds. The van der Waals surface area contributed by atoms with Crippen LogP contribution in [0, 0.1) is 0 Å². The SMILES string of the molecule is O=C(O)c1cc(-c2cccs2)n(-c2ccccc2O)n1. The van der Waals surface area contributed by atoms with E-state index in [9.17, 15) is 9.90 Å². The number of hydrogen-bond donors (Lipinski definition) is 2. The second kappa shape index (κ2) is 4.82. The summed E-state index contributed by atoms with van der Waals surface area (Å²) < 4.78 is 1.45. The van der Waals surface area contributed by atoms with E-state index in [1.165, 1.54) is 28.2 Å². The Labute approximate surface area is 118 Å². The number of aromatic nitrogens is 2. The molecule has 0 aliphatic carbocycles. The Morgan fingerprint density at radius 1 is 1.20 bits per heavy atom. The number of para-hydroxylation sites is 2. The van der Waals surface area contributed by atoms with Gasteiger partial charge in [0, 0.05) is 6.07 Å². The number of phenolic OH excluding ortho intramolecular Hbond substituents is 1. The zero-order valence-corrected chi connectivity index (χ0v) is 11.0. The Bertz CT molecular complexity index is 763. The maximum atomic E-state index is 11.1. The monoisotopic (exact) mass is 286 g/mol. The van der Waals surface area contributed by atoms with E-state index in [0.29, 0.717) is 11.4 Å². The van der Waals surface area contributed by atoms with Gasteiger partial charge in [0.1, 0.15) is 11.4 Å². The molecule has 0 bridgehead atoms. The number of carboxylic acid groups (broad SMARTS) is 1. The molecule has 0 atom stereocenters.